The lowest BCUT2D eigenvalue weighted by Crippen LogP contribution is -2.21. The van der Waals surface area contributed by atoms with Crippen molar-refractivity contribution in [2.75, 3.05) is 24.2 Å². The summed E-state index contributed by atoms with van der Waals surface area (Å²) < 4.78 is 71.6. The van der Waals surface area contributed by atoms with Crippen LogP contribution in [0.15, 0.2) is 43.0 Å². The Hall–Kier alpha value is -3.82. The SMILES string of the molecule is CS(=O)(=O)Nc1ncc(C(=O)OCC(=O)O[C@@H](Cc2c(Cl)cncc2Cl)c2ccc(OC(F)F)c(OCC3CC3)c2)cn1. The third-order valence-corrected chi connectivity index (χ3v) is 7.03. The van der Waals surface area contributed by atoms with Crippen LogP contribution < -0.4 is 14.2 Å². The molecule has 1 N–H and O–H groups in total. The number of hydrogen-bond donors (Lipinski definition) is 1. The molecule has 0 radical (unpaired) electrons. The molecule has 12 nitrogen and oxygen atoms in total. The van der Waals surface area contributed by atoms with Gasteiger partial charge in [-0.15, -0.1) is 0 Å². The van der Waals surface area contributed by atoms with E-state index in [1.165, 1.54) is 30.6 Å². The van der Waals surface area contributed by atoms with Gasteiger partial charge in [0.15, 0.2) is 18.1 Å². The average Bonchev–Trinajstić information content (AvgIpc) is 3.76. The maximum absolute atomic E-state index is 13.0. The van der Waals surface area contributed by atoms with Gasteiger partial charge >= 0.3 is 18.6 Å². The fourth-order valence-electron chi connectivity index (χ4n) is 3.62. The molecule has 2 heterocycles. The van der Waals surface area contributed by atoms with E-state index in [0.717, 1.165) is 31.5 Å². The molecule has 0 aliphatic heterocycles. The second-order valence-electron chi connectivity index (χ2n) is 9.35. The molecular weight excluding hydrogens is 637 g/mol. The van der Waals surface area contributed by atoms with E-state index < -0.39 is 41.3 Å². The van der Waals surface area contributed by atoms with Gasteiger partial charge in [0.2, 0.25) is 16.0 Å². The molecule has 1 aliphatic carbocycles. The van der Waals surface area contributed by atoms with Crippen LogP contribution in [0.25, 0.3) is 0 Å². The molecule has 1 fully saturated rings. The van der Waals surface area contributed by atoms with Crippen LogP contribution in [0.5, 0.6) is 11.5 Å². The molecule has 4 rings (SSSR count). The van der Waals surface area contributed by atoms with Gasteiger partial charge in [-0.3, -0.25) is 9.71 Å². The van der Waals surface area contributed by atoms with Crippen molar-refractivity contribution in [3.05, 3.63) is 69.7 Å². The fraction of sp³-hybridized carbons (Fsp3) is 0.346. The molecule has 0 spiro atoms. The Kier molecular flexibility index (Phi) is 10.5. The number of aromatic nitrogens is 3. The van der Waals surface area contributed by atoms with E-state index >= 15 is 0 Å². The lowest BCUT2D eigenvalue weighted by atomic mass is 10.0. The van der Waals surface area contributed by atoms with Crippen LogP contribution in [0.2, 0.25) is 10.0 Å². The number of anilines is 1. The van der Waals surface area contributed by atoms with Crippen molar-refractivity contribution in [3.63, 3.8) is 0 Å². The first kappa shape index (κ1) is 32.1. The number of nitrogens with zero attached hydrogens (tertiary/aromatic N) is 3. The zero-order valence-corrected chi connectivity index (χ0v) is 24.7. The molecule has 17 heteroatoms. The van der Waals surface area contributed by atoms with Crippen LogP contribution in [-0.2, 0) is 30.7 Å². The number of alkyl halides is 2. The minimum absolute atomic E-state index is 0.0258. The van der Waals surface area contributed by atoms with Gasteiger partial charge in [0.05, 0.1) is 28.5 Å². The van der Waals surface area contributed by atoms with Crippen molar-refractivity contribution < 1.29 is 45.7 Å². The molecule has 43 heavy (non-hydrogen) atoms. The third-order valence-electron chi connectivity index (χ3n) is 5.83. The number of carbonyl (C=O) groups is 2. The number of hydrogen-bond acceptors (Lipinski definition) is 11. The lowest BCUT2D eigenvalue weighted by Gasteiger charge is -2.21. The number of ether oxygens (including phenoxy) is 4. The second kappa shape index (κ2) is 14.1. The number of nitrogens with one attached hydrogen (secondary N) is 1. The van der Waals surface area contributed by atoms with Crippen molar-refractivity contribution in [1.29, 1.82) is 0 Å². The fourth-order valence-corrected chi connectivity index (χ4v) is 4.58. The Balaban J connectivity index is 1.51. The van der Waals surface area contributed by atoms with Crippen molar-refractivity contribution in [2.45, 2.75) is 32.0 Å². The smallest absolute Gasteiger partial charge is 0.387 e. The number of sulfonamides is 1. The molecule has 1 saturated carbocycles. The normalized spacial score (nSPS) is 13.7. The Labute approximate surface area is 254 Å². The summed E-state index contributed by atoms with van der Waals surface area (Å²) in [6.45, 7) is -3.63. The molecule has 3 aromatic rings. The van der Waals surface area contributed by atoms with Crippen LogP contribution in [0, 0.1) is 5.92 Å². The predicted octanol–water partition coefficient (Wildman–Crippen LogP) is 4.62. The summed E-state index contributed by atoms with van der Waals surface area (Å²) in [6.07, 6.45) is 6.40. The molecule has 0 bridgehead atoms. The van der Waals surface area contributed by atoms with Gasteiger partial charge in [0.1, 0.15) is 6.10 Å². The van der Waals surface area contributed by atoms with Crippen LogP contribution in [0.3, 0.4) is 0 Å². The maximum atomic E-state index is 13.0. The van der Waals surface area contributed by atoms with E-state index in [2.05, 4.69) is 19.7 Å². The van der Waals surface area contributed by atoms with Crippen molar-refractivity contribution in [1.82, 2.24) is 15.0 Å². The molecule has 1 atom stereocenters. The van der Waals surface area contributed by atoms with E-state index in [0.29, 0.717) is 23.7 Å². The third kappa shape index (κ3) is 9.86. The Bertz CT molecular complexity index is 1560. The number of benzene rings is 1. The topological polar surface area (TPSA) is 156 Å². The standard InChI is InChI=1S/C26H24Cl2F2N4O8S/c1-43(37,38)34-26-32-8-16(9-33-26)24(36)40-13-23(35)41-21(7-17-18(27)10-31-11-19(17)28)15-4-5-20(42-25(29)30)22(6-15)39-12-14-2-3-14/h4-6,8-11,14,21,25H,2-3,7,12-13H2,1H3,(H,32,33,34)/t21-/m0/s1. The number of rotatable bonds is 14. The summed E-state index contributed by atoms with van der Waals surface area (Å²) in [4.78, 5) is 36.5. The van der Waals surface area contributed by atoms with Gasteiger partial charge in [-0.25, -0.2) is 28.0 Å². The van der Waals surface area contributed by atoms with Crippen LogP contribution in [0.1, 0.15) is 40.4 Å². The Morgan fingerprint density at radius 3 is 2.35 bits per heavy atom. The summed E-state index contributed by atoms with van der Waals surface area (Å²) in [5.74, 6) is -2.08. The van der Waals surface area contributed by atoms with Gasteiger partial charge < -0.3 is 18.9 Å². The van der Waals surface area contributed by atoms with E-state index in [1.54, 1.807) is 0 Å². The molecule has 0 saturated heterocycles. The summed E-state index contributed by atoms with van der Waals surface area (Å²) in [6, 6.07) is 4.09. The average molecular weight is 661 g/mol. The summed E-state index contributed by atoms with van der Waals surface area (Å²) in [5.41, 5.74) is 0.561. The minimum atomic E-state index is -3.63. The highest BCUT2D eigenvalue weighted by Gasteiger charge is 2.26. The van der Waals surface area contributed by atoms with E-state index in [1.807, 2.05) is 4.72 Å². The quantitative estimate of drug-likeness (QED) is 0.241. The number of pyridine rings is 1. The number of halogens is 4. The highest BCUT2D eigenvalue weighted by Crippen LogP contribution is 2.37. The van der Waals surface area contributed by atoms with Gasteiger partial charge in [0.25, 0.3) is 0 Å². The summed E-state index contributed by atoms with van der Waals surface area (Å²) in [5, 5.41) is 0.383. The summed E-state index contributed by atoms with van der Waals surface area (Å²) >= 11 is 12.6. The van der Waals surface area contributed by atoms with Gasteiger partial charge in [0, 0.05) is 31.2 Å². The molecule has 2 aromatic heterocycles. The monoisotopic (exact) mass is 660 g/mol. The highest BCUT2D eigenvalue weighted by molar-refractivity contribution is 7.91. The van der Waals surface area contributed by atoms with Crippen LogP contribution >= 0.6 is 23.2 Å². The molecule has 1 aliphatic rings. The minimum Gasteiger partial charge on any atom is -0.489 e. The number of esters is 2. The first-order valence-corrected chi connectivity index (χ1v) is 15.2. The van der Waals surface area contributed by atoms with Crippen LogP contribution in [0.4, 0.5) is 14.7 Å². The zero-order chi connectivity index (χ0) is 31.1. The van der Waals surface area contributed by atoms with Crippen molar-refractivity contribution >= 4 is 51.1 Å². The lowest BCUT2D eigenvalue weighted by molar-refractivity contribution is -0.153. The van der Waals surface area contributed by atoms with Gasteiger partial charge in [-0.05, 0) is 42.0 Å². The molecule has 0 unspecified atom stereocenters. The maximum Gasteiger partial charge on any atom is 0.387 e. The van der Waals surface area contributed by atoms with E-state index in [4.69, 9.17) is 37.4 Å². The first-order chi connectivity index (χ1) is 20.4. The summed E-state index contributed by atoms with van der Waals surface area (Å²) in [7, 11) is -3.63. The zero-order valence-electron chi connectivity index (χ0n) is 22.3. The highest BCUT2D eigenvalue weighted by atomic mass is 35.5. The molecule has 0 amide bonds. The van der Waals surface area contributed by atoms with Crippen molar-refractivity contribution in [2.24, 2.45) is 5.92 Å². The molecule has 1 aromatic carbocycles. The van der Waals surface area contributed by atoms with E-state index in [-0.39, 0.29) is 39.5 Å². The van der Waals surface area contributed by atoms with E-state index in [9.17, 15) is 26.8 Å². The van der Waals surface area contributed by atoms with Gasteiger partial charge in [-0.2, -0.15) is 8.78 Å². The molecular formula is C26H24Cl2F2N4O8S. The largest absolute Gasteiger partial charge is 0.489 e. The van der Waals surface area contributed by atoms with Gasteiger partial charge in [-0.1, -0.05) is 29.3 Å². The molecule has 230 valence electrons. The Morgan fingerprint density at radius 2 is 1.74 bits per heavy atom. The second-order valence-corrected chi connectivity index (χ2v) is 11.9. The predicted molar refractivity (Wildman–Crippen MR) is 149 cm³/mol. The number of carbonyl (C=O) groups excluding carboxylic acids is 2. The Morgan fingerprint density at radius 1 is 1.07 bits per heavy atom. The van der Waals surface area contributed by atoms with Crippen LogP contribution in [-0.4, -0.2) is 61.4 Å². The van der Waals surface area contributed by atoms with Crippen molar-refractivity contribution in [3.8, 4) is 11.5 Å². The first-order valence-electron chi connectivity index (χ1n) is 12.5.